The summed E-state index contributed by atoms with van der Waals surface area (Å²) in [5.41, 5.74) is 2.94. The highest BCUT2D eigenvalue weighted by molar-refractivity contribution is 6.33. The van der Waals surface area contributed by atoms with Gasteiger partial charge in [0.25, 0.3) is 0 Å². The maximum Gasteiger partial charge on any atom is 0.158 e. The summed E-state index contributed by atoms with van der Waals surface area (Å²) in [7, 11) is 1.81. The van der Waals surface area contributed by atoms with Crippen LogP contribution < -0.4 is 0 Å². The number of benzene rings is 2. The lowest BCUT2D eigenvalue weighted by atomic mass is 9.92. The van der Waals surface area contributed by atoms with Gasteiger partial charge in [-0.25, -0.2) is 13.8 Å². The van der Waals surface area contributed by atoms with Crippen molar-refractivity contribution in [3.8, 4) is 22.6 Å². The molecule has 0 unspecified atom stereocenters. The summed E-state index contributed by atoms with van der Waals surface area (Å²) in [6, 6.07) is 8.89. The average molecular weight is 437 g/mol. The van der Waals surface area contributed by atoms with Crippen molar-refractivity contribution in [3.05, 3.63) is 58.7 Å². The van der Waals surface area contributed by atoms with Gasteiger partial charge in [-0.2, -0.15) is 5.10 Å². The van der Waals surface area contributed by atoms with Crippen LogP contribution in [0.2, 0.25) is 5.02 Å². The highest BCUT2D eigenvalue weighted by Gasteiger charge is 2.27. The average Bonchev–Trinajstić information content (AvgIpc) is 3.14. The maximum atomic E-state index is 14.1. The fraction of sp³-hybridized carbons (Fsp3) is 0.238. The third-order valence-electron chi connectivity index (χ3n) is 4.66. The molecule has 2 heterocycles. The Morgan fingerprint density at radius 3 is 2.31 bits per heavy atom. The smallest absolute Gasteiger partial charge is 0.158 e. The summed E-state index contributed by atoms with van der Waals surface area (Å²) in [5.74, 6) is -0.663. The van der Waals surface area contributed by atoms with Gasteiger partial charge in [-0.3, -0.25) is 4.68 Å². The molecule has 0 bridgehead atoms. The van der Waals surface area contributed by atoms with E-state index in [2.05, 4.69) is 15.1 Å². The Bertz CT molecular complexity index is 1190. The number of halogens is 4. The van der Waals surface area contributed by atoms with Crippen molar-refractivity contribution in [1.29, 1.82) is 0 Å². The summed E-state index contributed by atoms with van der Waals surface area (Å²) in [4.78, 5) is 7.80. The van der Waals surface area contributed by atoms with Crippen LogP contribution in [-0.4, -0.2) is 19.7 Å². The molecule has 0 aliphatic heterocycles. The van der Waals surface area contributed by atoms with E-state index in [4.69, 9.17) is 11.6 Å². The molecular formula is C21H20Cl2F2N4. The summed E-state index contributed by atoms with van der Waals surface area (Å²) in [5, 5.41) is 5.08. The van der Waals surface area contributed by atoms with Crippen LogP contribution in [0.5, 0.6) is 0 Å². The molecule has 4 aromatic rings. The number of aromatic nitrogens is 4. The third kappa shape index (κ3) is 3.63. The molecule has 0 aliphatic rings. The number of rotatable bonds is 2. The Morgan fingerprint density at radius 1 is 1.07 bits per heavy atom. The predicted octanol–water partition coefficient (Wildman–Crippen LogP) is 6.28. The van der Waals surface area contributed by atoms with Crippen LogP contribution in [-0.2, 0) is 12.5 Å². The first-order valence-electron chi connectivity index (χ1n) is 8.84. The Kier molecular flexibility index (Phi) is 5.45. The molecular weight excluding hydrogens is 417 g/mol. The van der Waals surface area contributed by atoms with E-state index >= 15 is 0 Å². The number of aromatic amines is 1. The lowest BCUT2D eigenvalue weighted by Crippen LogP contribution is -2.12. The summed E-state index contributed by atoms with van der Waals surface area (Å²) in [6.45, 7) is 6.12. The second-order valence-electron chi connectivity index (χ2n) is 7.80. The van der Waals surface area contributed by atoms with Crippen molar-refractivity contribution in [1.82, 2.24) is 19.7 Å². The van der Waals surface area contributed by atoms with Crippen LogP contribution in [0.1, 0.15) is 26.5 Å². The number of fused-ring (bicyclic) bond motifs is 1. The zero-order valence-electron chi connectivity index (χ0n) is 16.3. The van der Waals surface area contributed by atoms with Gasteiger partial charge in [-0.15, -0.1) is 12.4 Å². The number of imidazole rings is 1. The SMILES string of the molecule is Cl.Cn1nc(C(C)(C)C)c(Cl)c1-c1nc2ccc(-c3c(F)cccc3F)cc2[nH]1. The highest BCUT2D eigenvalue weighted by Crippen LogP contribution is 2.36. The number of aryl methyl sites for hydroxylation is 1. The van der Waals surface area contributed by atoms with E-state index in [-0.39, 0.29) is 23.4 Å². The summed E-state index contributed by atoms with van der Waals surface area (Å²) < 4.78 is 30.0. The first-order valence-corrected chi connectivity index (χ1v) is 9.22. The standard InChI is InChI=1S/C21H19ClF2N4.ClH/c1-21(2,3)19-17(22)18(28(4)27-19)20-25-14-9-8-11(10-15(14)26-20)16-12(23)6-5-7-13(16)24;/h5-10H,1-4H3,(H,25,26);1H. The number of hydrogen-bond donors (Lipinski definition) is 1. The van der Waals surface area contributed by atoms with Crippen molar-refractivity contribution in [3.63, 3.8) is 0 Å². The fourth-order valence-electron chi connectivity index (χ4n) is 3.29. The second kappa shape index (κ2) is 7.43. The fourth-order valence-corrected chi connectivity index (χ4v) is 3.82. The van der Waals surface area contributed by atoms with E-state index in [0.717, 1.165) is 5.69 Å². The molecule has 0 saturated heterocycles. The van der Waals surface area contributed by atoms with Gasteiger partial charge < -0.3 is 4.98 Å². The number of hydrogen-bond acceptors (Lipinski definition) is 2. The minimum atomic E-state index is -0.608. The van der Waals surface area contributed by atoms with Gasteiger partial charge >= 0.3 is 0 Å². The molecule has 0 amide bonds. The van der Waals surface area contributed by atoms with Crippen molar-refractivity contribution in [2.45, 2.75) is 26.2 Å². The van der Waals surface area contributed by atoms with Crippen molar-refractivity contribution in [2.24, 2.45) is 7.05 Å². The maximum absolute atomic E-state index is 14.1. The molecule has 2 aromatic heterocycles. The number of nitrogens with one attached hydrogen (secondary N) is 1. The topological polar surface area (TPSA) is 46.5 Å². The van der Waals surface area contributed by atoms with Gasteiger partial charge in [0.05, 0.1) is 27.3 Å². The van der Waals surface area contributed by atoms with Gasteiger partial charge in [0, 0.05) is 12.5 Å². The zero-order valence-corrected chi connectivity index (χ0v) is 17.9. The van der Waals surface area contributed by atoms with Crippen molar-refractivity contribution >= 4 is 35.0 Å². The predicted molar refractivity (Wildman–Crippen MR) is 115 cm³/mol. The Hall–Kier alpha value is -2.44. The first-order chi connectivity index (χ1) is 13.2. The normalized spacial score (nSPS) is 11.7. The molecule has 0 spiro atoms. The lowest BCUT2D eigenvalue weighted by molar-refractivity contribution is 0.553. The molecule has 0 fully saturated rings. The molecule has 2 aromatic carbocycles. The molecule has 1 N–H and O–H groups in total. The second-order valence-corrected chi connectivity index (χ2v) is 8.18. The number of H-pyrrole nitrogens is 1. The van der Waals surface area contributed by atoms with E-state index in [0.29, 0.717) is 33.1 Å². The Morgan fingerprint density at radius 2 is 1.72 bits per heavy atom. The highest BCUT2D eigenvalue weighted by atomic mass is 35.5. The van der Waals surface area contributed by atoms with Gasteiger partial charge in [0.1, 0.15) is 17.3 Å². The van der Waals surface area contributed by atoms with E-state index < -0.39 is 11.6 Å². The molecule has 8 heteroatoms. The summed E-state index contributed by atoms with van der Waals surface area (Å²) >= 11 is 6.60. The minimum Gasteiger partial charge on any atom is -0.337 e. The molecule has 29 heavy (non-hydrogen) atoms. The van der Waals surface area contributed by atoms with E-state index in [9.17, 15) is 8.78 Å². The third-order valence-corrected chi connectivity index (χ3v) is 5.02. The van der Waals surface area contributed by atoms with E-state index in [1.54, 1.807) is 22.9 Å². The zero-order chi connectivity index (χ0) is 20.2. The van der Waals surface area contributed by atoms with Gasteiger partial charge in [0.2, 0.25) is 0 Å². The monoisotopic (exact) mass is 436 g/mol. The van der Waals surface area contributed by atoms with Crippen molar-refractivity contribution in [2.75, 3.05) is 0 Å². The van der Waals surface area contributed by atoms with Crippen molar-refractivity contribution < 1.29 is 8.78 Å². The molecule has 152 valence electrons. The lowest BCUT2D eigenvalue weighted by Gasteiger charge is -2.15. The van der Waals surface area contributed by atoms with Crippen LogP contribution >= 0.6 is 24.0 Å². The molecule has 4 nitrogen and oxygen atoms in total. The molecule has 0 atom stereocenters. The Labute approximate surface area is 178 Å². The number of nitrogens with zero attached hydrogens (tertiary/aromatic N) is 3. The molecule has 0 aliphatic carbocycles. The van der Waals surface area contributed by atoms with E-state index in [1.807, 2.05) is 27.8 Å². The summed E-state index contributed by atoms with van der Waals surface area (Å²) in [6.07, 6.45) is 0. The quantitative estimate of drug-likeness (QED) is 0.401. The van der Waals surface area contributed by atoms with Gasteiger partial charge in [0.15, 0.2) is 5.82 Å². The van der Waals surface area contributed by atoms with Crippen LogP contribution in [0.4, 0.5) is 8.78 Å². The first kappa shape index (κ1) is 21.3. The van der Waals surface area contributed by atoms with Gasteiger partial charge in [-0.05, 0) is 29.8 Å². The van der Waals surface area contributed by atoms with Crippen LogP contribution in [0, 0.1) is 11.6 Å². The van der Waals surface area contributed by atoms with Crippen LogP contribution in [0.3, 0.4) is 0 Å². The molecule has 0 radical (unpaired) electrons. The van der Waals surface area contributed by atoms with E-state index in [1.165, 1.54) is 18.2 Å². The Balaban J connectivity index is 0.00000240. The molecule has 0 saturated carbocycles. The van der Waals surface area contributed by atoms with Crippen LogP contribution in [0.25, 0.3) is 33.7 Å². The molecule has 4 rings (SSSR count). The minimum absolute atomic E-state index is 0. The van der Waals surface area contributed by atoms with Crippen LogP contribution in [0.15, 0.2) is 36.4 Å². The van der Waals surface area contributed by atoms with Gasteiger partial charge in [-0.1, -0.05) is 44.5 Å². The largest absolute Gasteiger partial charge is 0.337 e.